The summed E-state index contributed by atoms with van der Waals surface area (Å²) in [4.78, 5) is 0. The van der Waals surface area contributed by atoms with Crippen molar-refractivity contribution in [3.8, 4) is 0 Å². The van der Waals surface area contributed by atoms with Gasteiger partial charge in [0.05, 0.1) is 12.6 Å². The molecule has 15 atom stereocenters. The SMILES string of the molecule is COC[C@H]1O[C@@H](O[C@@H]2[C@@H](OC)[C@H](O[C@@H]3O[C@@H](CN)[C@H](OC)[C@@H](OC)[C@@H]3OC)[C@@H](N)C[C@H]2N)[C@H](OC)[C@@H](N)[C@@H]1OC. The molecule has 0 aromatic rings. The van der Waals surface area contributed by atoms with Crippen LogP contribution in [0.5, 0.6) is 0 Å². The Kier molecular flexibility index (Phi) is 13.3. The van der Waals surface area contributed by atoms with E-state index in [-0.39, 0.29) is 13.2 Å². The normalized spacial score (nSPS) is 46.4. The Bertz CT molecular complexity index is 743. The second-order valence-electron chi connectivity index (χ2n) is 10.3. The summed E-state index contributed by atoms with van der Waals surface area (Å²) in [5.41, 5.74) is 25.6. The average Bonchev–Trinajstić information content (AvgIpc) is 2.94. The van der Waals surface area contributed by atoms with Crippen molar-refractivity contribution in [3.63, 3.8) is 0 Å². The van der Waals surface area contributed by atoms with Crippen LogP contribution in [0.3, 0.4) is 0 Å². The summed E-state index contributed by atoms with van der Waals surface area (Å²) in [6.07, 6.45) is -7.28. The van der Waals surface area contributed by atoms with Gasteiger partial charge in [0.25, 0.3) is 0 Å². The maximum Gasteiger partial charge on any atom is 0.187 e. The zero-order valence-corrected chi connectivity index (χ0v) is 24.6. The van der Waals surface area contributed by atoms with Gasteiger partial charge in [-0.05, 0) is 6.42 Å². The van der Waals surface area contributed by atoms with E-state index in [1.807, 2.05) is 0 Å². The Morgan fingerprint density at radius 3 is 1.45 bits per heavy atom. The van der Waals surface area contributed by atoms with E-state index >= 15 is 0 Å². The first-order chi connectivity index (χ1) is 19.2. The molecule has 2 saturated heterocycles. The van der Waals surface area contributed by atoms with Gasteiger partial charge in [-0.25, -0.2) is 0 Å². The smallest absolute Gasteiger partial charge is 0.187 e. The van der Waals surface area contributed by atoms with Crippen molar-refractivity contribution in [2.45, 2.75) is 98.2 Å². The Balaban J connectivity index is 1.84. The van der Waals surface area contributed by atoms with E-state index in [2.05, 4.69) is 0 Å². The fraction of sp³-hybridized carbons (Fsp3) is 1.00. The van der Waals surface area contributed by atoms with Gasteiger partial charge >= 0.3 is 0 Å². The Hall–Kier alpha value is -0.600. The van der Waals surface area contributed by atoms with Crippen LogP contribution in [0.15, 0.2) is 0 Å². The maximum atomic E-state index is 6.57. The molecule has 0 bridgehead atoms. The van der Waals surface area contributed by atoms with Gasteiger partial charge in [0.1, 0.15) is 61.0 Å². The minimum atomic E-state index is -0.894. The van der Waals surface area contributed by atoms with E-state index in [0.717, 1.165) is 0 Å². The van der Waals surface area contributed by atoms with Gasteiger partial charge in [-0.15, -0.1) is 0 Å². The molecular formula is C25H50N4O11. The van der Waals surface area contributed by atoms with Crippen LogP contribution in [-0.2, 0) is 52.1 Å². The third-order valence-corrected chi connectivity index (χ3v) is 8.11. The highest BCUT2D eigenvalue weighted by molar-refractivity contribution is 5.02. The predicted molar refractivity (Wildman–Crippen MR) is 141 cm³/mol. The van der Waals surface area contributed by atoms with Crippen LogP contribution in [-0.4, -0.2) is 155 Å². The molecule has 2 aliphatic heterocycles. The van der Waals surface area contributed by atoms with Crippen molar-refractivity contribution in [2.75, 3.05) is 62.9 Å². The van der Waals surface area contributed by atoms with Gasteiger partial charge < -0.3 is 75.0 Å². The molecule has 3 aliphatic rings. The molecule has 2 heterocycles. The minimum Gasteiger partial charge on any atom is -0.382 e. The second kappa shape index (κ2) is 15.7. The largest absolute Gasteiger partial charge is 0.382 e. The summed E-state index contributed by atoms with van der Waals surface area (Å²) in [5.74, 6) is 0. The van der Waals surface area contributed by atoms with Gasteiger partial charge in [-0.3, -0.25) is 0 Å². The summed E-state index contributed by atoms with van der Waals surface area (Å²) >= 11 is 0. The summed E-state index contributed by atoms with van der Waals surface area (Å²) in [5, 5.41) is 0. The topological polar surface area (TPSA) is 206 Å². The summed E-state index contributed by atoms with van der Waals surface area (Å²) in [7, 11) is 10.9. The van der Waals surface area contributed by atoms with Crippen molar-refractivity contribution >= 4 is 0 Å². The van der Waals surface area contributed by atoms with E-state index in [0.29, 0.717) is 6.42 Å². The van der Waals surface area contributed by atoms with Crippen LogP contribution in [0.25, 0.3) is 0 Å². The molecule has 1 saturated carbocycles. The second-order valence-corrected chi connectivity index (χ2v) is 10.3. The summed E-state index contributed by atoms with van der Waals surface area (Å²) in [6.45, 7) is 0.422. The molecule has 1 aliphatic carbocycles. The first kappa shape index (κ1) is 33.9. The standard InChI is InChI=1S/C25H50N4O11/c1-30-10-14-18(31-2)15(29)20(33-4)24(38-14)39-16-11(27)8-12(28)17(21(16)34-5)40-25-23(36-7)22(35-6)19(32-3)13(9-26)37-25/h11-25H,8-10,26-29H2,1-7H3/t11-,12+,13+,14-,15+,16+,17-,18-,19+,20-,21-,22-,23+,24+,25+/m1/s1. The highest BCUT2D eigenvalue weighted by Crippen LogP contribution is 2.34. The fourth-order valence-electron chi connectivity index (χ4n) is 6.10. The minimum absolute atomic E-state index is 0.179. The number of ether oxygens (including phenoxy) is 11. The molecule has 3 rings (SSSR count). The highest BCUT2D eigenvalue weighted by atomic mass is 16.7. The number of methoxy groups -OCH3 is 7. The first-order valence-corrected chi connectivity index (χ1v) is 13.5. The van der Waals surface area contributed by atoms with Crippen molar-refractivity contribution in [2.24, 2.45) is 22.9 Å². The Morgan fingerprint density at radius 2 is 1.00 bits per heavy atom. The molecule has 0 unspecified atom stereocenters. The lowest BCUT2D eigenvalue weighted by atomic mass is 9.84. The highest BCUT2D eigenvalue weighted by Gasteiger charge is 2.53. The van der Waals surface area contributed by atoms with Crippen LogP contribution in [0.2, 0.25) is 0 Å². The molecular weight excluding hydrogens is 532 g/mol. The third kappa shape index (κ3) is 6.96. The van der Waals surface area contributed by atoms with E-state index in [1.165, 1.54) is 14.2 Å². The van der Waals surface area contributed by atoms with Gasteiger partial charge in [-0.1, -0.05) is 0 Å². The van der Waals surface area contributed by atoms with Crippen LogP contribution < -0.4 is 22.9 Å². The zero-order valence-electron chi connectivity index (χ0n) is 24.6. The summed E-state index contributed by atoms with van der Waals surface area (Å²) in [6, 6.07) is -1.58. The molecule has 0 amide bonds. The van der Waals surface area contributed by atoms with Crippen LogP contribution in [0, 0.1) is 0 Å². The van der Waals surface area contributed by atoms with Crippen LogP contribution in [0.1, 0.15) is 6.42 Å². The van der Waals surface area contributed by atoms with E-state index in [1.54, 1.807) is 35.5 Å². The lowest BCUT2D eigenvalue weighted by molar-refractivity contribution is -0.340. The average molecular weight is 583 g/mol. The molecule has 0 aromatic heterocycles. The lowest BCUT2D eigenvalue weighted by Gasteiger charge is -2.50. The van der Waals surface area contributed by atoms with Crippen LogP contribution >= 0.6 is 0 Å². The molecule has 0 aromatic carbocycles. The molecule has 0 radical (unpaired) electrons. The van der Waals surface area contributed by atoms with Gasteiger partial charge in [-0.2, -0.15) is 0 Å². The van der Waals surface area contributed by atoms with Crippen molar-refractivity contribution in [1.82, 2.24) is 0 Å². The number of rotatable bonds is 13. The van der Waals surface area contributed by atoms with Gasteiger partial charge in [0, 0.05) is 68.4 Å². The van der Waals surface area contributed by atoms with Crippen molar-refractivity contribution in [3.05, 3.63) is 0 Å². The summed E-state index contributed by atoms with van der Waals surface area (Å²) < 4.78 is 64.9. The predicted octanol–water partition coefficient (Wildman–Crippen LogP) is -2.71. The first-order valence-electron chi connectivity index (χ1n) is 13.5. The van der Waals surface area contributed by atoms with Crippen molar-refractivity contribution < 1.29 is 52.1 Å². The lowest BCUT2D eigenvalue weighted by Crippen LogP contribution is -2.69. The molecule has 15 heteroatoms. The van der Waals surface area contributed by atoms with Gasteiger partial charge in [0.15, 0.2) is 12.6 Å². The van der Waals surface area contributed by atoms with E-state index in [9.17, 15) is 0 Å². The molecule has 3 fully saturated rings. The van der Waals surface area contributed by atoms with Gasteiger partial charge in [0.2, 0.25) is 0 Å². The molecule has 15 nitrogen and oxygen atoms in total. The number of hydrogen-bond donors (Lipinski definition) is 4. The molecule has 236 valence electrons. The molecule has 40 heavy (non-hydrogen) atoms. The monoisotopic (exact) mass is 582 g/mol. The van der Waals surface area contributed by atoms with Crippen molar-refractivity contribution in [1.29, 1.82) is 0 Å². The third-order valence-electron chi connectivity index (χ3n) is 8.11. The van der Waals surface area contributed by atoms with E-state index < -0.39 is 91.7 Å². The molecule has 0 spiro atoms. The maximum absolute atomic E-state index is 6.57. The Labute approximate surface area is 236 Å². The fourth-order valence-corrected chi connectivity index (χ4v) is 6.10. The quantitative estimate of drug-likeness (QED) is 0.174. The number of hydrogen-bond acceptors (Lipinski definition) is 15. The van der Waals surface area contributed by atoms with E-state index in [4.69, 9.17) is 75.0 Å². The zero-order chi connectivity index (χ0) is 29.6. The Morgan fingerprint density at radius 1 is 0.550 bits per heavy atom. The number of nitrogens with two attached hydrogens (primary N) is 4. The molecule has 8 N–H and O–H groups in total. The van der Waals surface area contributed by atoms with Crippen LogP contribution in [0.4, 0.5) is 0 Å².